The third kappa shape index (κ3) is 1.77. The fraction of sp³-hybridized carbons (Fsp3) is 0.769. The van der Waals surface area contributed by atoms with Crippen LogP contribution in [0.3, 0.4) is 0 Å². The summed E-state index contributed by atoms with van der Waals surface area (Å²) in [5.41, 5.74) is 0. The van der Waals surface area contributed by atoms with Gasteiger partial charge in [-0.3, -0.25) is 0 Å². The molecule has 0 saturated heterocycles. The average molecular weight is 220 g/mol. The first-order chi connectivity index (χ1) is 7.90. The Hall–Kier alpha value is -0.830. The summed E-state index contributed by atoms with van der Waals surface area (Å²) in [4.78, 5) is 4.37. The van der Waals surface area contributed by atoms with E-state index in [1.807, 2.05) is 6.20 Å². The van der Waals surface area contributed by atoms with E-state index in [9.17, 15) is 0 Å². The molecular formula is C13H20N2O. The zero-order valence-corrected chi connectivity index (χ0v) is 9.91. The number of fused-ring (bicyclic) bond motifs is 1. The zero-order chi connectivity index (χ0) is 11.0. The van der Waals surface area contributed by atoms with Crippen molar-refractivity contribution in [2.75, 3.05) is 13.1 Å². The van der Waals surface area contributed by atoms with Crippen LogP contribution in [0.4, 0.5) is 0 Å². The predicted molar refractivity (Wildman–Crippen MR) is 62.3 cm³/mol. The van der Waals surface area contributed by atoms with Gasteiger partial charge in [0.2, 0.25) is 0 Å². The molecule has 88 valence electrons. The van der Waals surface area contributed by atoms with E-state index in [1.165, 1.54) is 19.3 Å². The number of rotatable bonds is 5. The van der Waals surface area contributed by atoms with Crippen LogP contribution in [0.25, 0.3) is 0 Å². The van der Waals surface area contributed by atoms with Gasteiger partial charge in [-0.25, -0.2) is 4.98 Å². The van der Waals surface area contributed by atoms with E-state index in [2.05, 4.69) is 17.2 Å². The molecule has 3 heteroatoms. The summed E-state index contributed by atoms with van der Waals surface area (Å²) in [6.07, 6.45) is 7.11. The molecule has 1 aromatic rings. The highest BCUT2D eigenvalue weighted by Crippen LogP contribution is 2.63. The quantitative estimate of drug-likeness (QED) is 0.774. The number of hydrogen-bond acceptors (Lipinski definition) is 3. The molecular weight excluding hydrogens is 200 g/mol. The van der Waals surface area contributed by atoms with Crippen LogP contribution in [0.1, 0.15) is 43.8 Å². The SMILES string of the molecule is CCNCCc1ncc(C2C3CCCC32)o1. The van der Waals surface area contributed by atoms with E-state index >= 15 is 0 Å². The maximum absolute atomic E-state index is 5.84. The van der Waals surface area contributed by atoms with E-state index in [-0.39, 0.29) is 0 Å². The summed E-state index contributed by atoms with van der Waals surface area (Å²) in [6.45, 7) is 4.10. The van der Waals surface area contributed by atoms with Crippen molar-refractivity contribution in [1.82, 2.24) is 10.3 Å². The van der Waals surface area contributed by atoms with Crippen molar-refractivity contribution in [3.05, 3.63) is 17.8 Å². The van der Waals surface area contributed by atoms with Crippen LogP contribution >= 0.6 is 0 Å². The lowest BCUT2D eigenvalue weighted by atomic mass is 10.1. The second kappa shape index (κ2) is 4.21. The number of aromatic nitrogens is 1. The average Bonchev–Trinajstić information content (AvgIpc) is 2.75. The van der Waals surface area contributed by atoms with Crippen molar-refractivity contribution >= 4 is 0 Å². The second-order valence-corrected chi connectivity index (χ2v) is 5.04. The standard InChI is InChI=1S/C13H20N2O/c1-2-14-7-6-12-15-8-11(16-12)13-9-4-3-5-10(9)13/h8-10,13-14H,2-7H2,1H3. The Bertz CT molecular complexity index is 351. The fourth-order valence-electron chi connectivity index (χ4n) is 3.21. The molecule has 0 aromatic carbocycles. The molecule has 2 aliphatic carbocycles. The number of nitrogens with one attached hydrogen (secondary N) is 1. The van der Waals surface area contributed by atoms with Gasteiger partial charge in [0, 0.05) is 18.9 Å². The van der Waals surface area contributed by atoms with Gasteiger partial charge >= 0.3 is 0 Å². The highest BCUT2D eigenvalue weighted by molar-refractivity contribution is 5.19. The van der Waals surface area contributed by atoms with Gasteiger partial charge < -0.3 is 9.73 Å². The van der Waals surface area contributed by atoms with E-state index < -0.39 is 0 Å². The summed E-state index contributed by atoms with van der Waals surface area (Å²) in [6, 6.07) is 0. The number of likely N-dealkylation sites (N-methyl/N-ethyl adjacent to an activating group) is 1. The largest absolute Gasteiger partial charge is 0.445 e. The summed E-state index contributed by atoms with van der Waals surface area (Å²) in [5, 5.41) is 3.29. The maximum Gasteiger partial charge on any atom is 0.195 e. The minimum atomic E-state index is 0.717. The Morgan fingerprint density at radius 3 is 3.00 bits per heavy atom. The lowest BCUT2D eigenvalue weighted by Crippen LogP contribution is -2.16. The number of nitrogens with zero attached hydrogens (tertiary/aromatic N) is 1. The molecule has 0 amide bonds. The van der Waals surface area contributed by atoms with Crippen LogP contribution < -0.4 is 5.32 Å². The molecule has 0 spiro atoms. The van der Waals surface area contributed by atoms with Crippen LogP contribution in [0.15, 0.2) is 10.6 Å². The van der Waals surface area contributed by atoms with Gasteiger partial charge in [0.25, 0.3) is 0 Å². The number of oxazole rings is 1. The molecule has 1 N–H and O–H groups in total. The van der Waals surface area contributed by atoms with E-state index in [1.54, 1.807) is 0 Å². The first-order valence-electron chi connectivity index (χ1n) is 6.55. The summed E-state index contributed by atoms with van der Waals surface area (Å²) in [7, 11) is 0. The van der Waals surface area contributed by atoms with Gasteiger partial charge in [-0.1, -0.05) is 13.3 Å². The summed E-state index contributed by atoms with van der Waals surface area (Å²) < 4.78 is 5.84. The number of hydrogen-bond donors (Lipinski definition) is 1. The summed E-state index contributed by atoms with van der Waals surface area (Å²) >= 11 is 0. The Balaban J connectivity index is 1.57. The Labute approximate surface area is 96.6 Å². The van der Waals surface area contributed by atoms with E-state index in [4.69, 9.17) is 4.42 Å². The van der Waals surface area contributed by atoms with Crippen molar-refractivity contribution in [3.63, 3.8) is 0 Å². The Morgan fingerprint density at radius 2 is 2.25 bits per heavy atom. The van der Waals surface area contributed by atoms with Crippen molar-refractivity contribution in [3.8, 4) is 0 Å². The minimum absolute atomic E-state index is 0.717. The first kappa shape index (κ1) is 10.3. The maximum atomic E-state index is 5.84. The van der Waals surface area contributed by atoms with Crippen molar-refractivity contribution < 1.29 is 4.42 Å². The highest BCUT2D eigenvalue weighted by Gasteiger charge is 2.54. The molecule has 3 nitrogen and oxygen atoms in total. The second-order valence-electron chi connectivity index (χ2n) is 5.04. The van der Waals surface area contributed by atoms with Crippen LogP contribution in [0.5, 0.6) is 0 Å². The fourth-order valence-corrected chi connectivity index (χ4v) is 3.21. The smallest absolute Gasteiger partial charge is 0.195 e. The van der Waals surface area contributed by atoms with Crippen molar-refractivity contribution in [2.45, 2.75) is 38.5 Å². The molecule has 2 saturated carbocycles. The van der Waals surface area contributed by atoms with E-state index in [0.717, 1.165) is 43.0 Å². The zero-order valence-electron chi connectivity index (χ0n) is 9.91. The van der Waals surface area contributed by atoms with Gasteiger partial charge in [-0.2, -0.15) is 0 Å². The first-order valence-corrected chi connectivity index (χ1v) is 6.55. The molecule has 3 rings (SSSR count). The molecule has 2 aliphatic rings. The van der Waals surface area contributed by atoms with Gasteiger partial charge in [0.05, 0.1) is 6.20 Å². The summed E-state index contributed by atoms with van der Waals surface area (Å²) in [5.74, 6) is 4.63. The topological polar surface area (TPSA) is 38.1 Å². The monoisotopic (exact) mass is 220 g/mol. The molecule has 0 bridgehead atoms. The molecule has 2 fully saturated rings. The molecule has 2 unspecified atom stereocenters. The molecule has 2 atom stereocenters. The molecule has 1 heterocycles. The third-order valence-corrected chi connectivity index (χ3v) is 4.07. The normalized spacial score (nSPS) is 31.7. The van der Waals surface area contributed by atoms with E-state index in [0.29, 0.717) is 5.92 Å². The molecule has 0 aliphatic heterocycles. The van der Waals surface area contributed by atoms with Crippen molar-refractivity contribution in [1.29, 1.82) is 0 Å². The van der Waals surface area contributed by atoms with Gasteiger partial charge in [0.1, 0.15) is 5.76 Å². The Kier molecular flexibility index (Phi) is 2.72. The highest BCUT2D eigenvalue weighted by atomic mass is 16.4. The minimum Gasteiger partial charge on any atom is -0.445 e. The van der Waals surface area contributed by atoms with Crippen LogP contribution in [-0.4, -0.2) is 18.1 Å². The van der Waals surface area contributed by atoms with Crippen molar-refractivity contribution in [2.24, 2.45) is 11.8 Å². The lowest BCUT2D eigenvalue weighted by Gasteiger charge is -1.99. The predicted octanol–water partition coefficient (Wildman–Crippen LogP) is 2.34. The van der Waals surface area contributed by atoms with Gasteiger partial charge in [0.15, 0.2) is 5.89 Å². The van der Waals surface area contributed by atoms with Crippen LogP contribution in [0, 0.1) is 11.8 Å². The third-order valence-electron chi connectivity index (χ3n) is 4.07. The van der Waals surface area contributed by atoms with Gasteiger partial charge in [-0.15, -0.1) is 0 Å². The molecule has 1 aromatic heterocycles. The molecule has 0 radical (unpaired) electrons. The van der Waals surface area contributed by atoms with Gasteiger partial charge in [-0.05, 0) is 31.2 Å². The van der Waals surface area contributed by atoms with Crippen LogP contribution in [0.2, 0.25) is 0 Å². The molecule has 16 heavy (non-hydrogen) atoms. The Morgan fingerprint density at radius 1 is 1.44 bits per heavy atom. The lowest BCUT2D eigenvalue weighted by molar-refractivity contribution is 0.435. The van der Waals surface area contributed by atoms with Crippen LogP contribution in [-0.2, 0) is 6.42 Å².